The van der Waals surface area contributed by atoms with Crippen LogP contribution in [0.5, 0.6) is 0 Å². The Morgan fingerprint density at radius 3 is 2.12 bits per heavy atom. The molecule has 9 heteroatoms. The smallest absolute Gasteiger partial charge is 0.409 e. The highest BCUT2D eigenvalue weighted by Gasteiger charge is 2.24. The van der Waals surface area contributed by atoms with E-state index in [0.29, 0.717) is 19.7 Å². The lowest BCUT2D eigenvalue weighted by molar-refractivity contribution is 0.0914. The van der Waals surface area contributed by atoms with Crippen LogP contribution >= 0.6 is 24.0 Å². The third kappa shape index (κ3) is 7.48. The molecule has 0 aliphatic carbocycles. The van der Waals surface area contributed by atoms with Crippen molar-refractivity contribution in [1.29, 1.82) is 0 Å². The van der Waals surface area contributed by atoms with E-state index in [4.69, 9.17) is 4.74 Å². The zero-order chi connectivity index (χ0) is 22.1. The lowest BCUT2D eigenvalue weighted by Crippen LogP contribution is -2.53. The first kappa shape index (κ1) is 26.7. The van der Waals surface area contributed by atoms with Crippen LogP contribution in [-0.4, -0.2) is 104 Å². The Hall–Kier alpha value is -1.59. The number of likely N-dealkylation sites (N-methyl/N-ethyl adjacent to an activating group) is 1. The Balaban J connectivity index is 0.00000363. The first-order valence-electron chi connectivity index (χ1n) is 11.5. The van der Waals surface area contributed by atoms with E-state index in [1.54, 1.807) is 4.90 Å². The van der Waals surface area contributed by atoms with E-state index in [2.05, 4.69) is 56.2 Å². The van der Waals surface area contributed by atoms with Gasteiger partial charge in [0.15, 0.2) is 5.96 Å². The highest BCUT2D eigenvalue weighted by atomic mass is 127. The maximum atomic E-state index is 11.9. The number of carbonyl (C=O) groups is 1. The van der Waals surface area contributed by atoms with Crippen LogP contribution in [0.1, 0.15) is 25.0 Å². The summed E-state index contributed by atoms with van der Waals surface area (Å²) in [6.07, 6.45) is -0.223. The summed E-state index contributed by atoms with van der Waals surface area (Å²) in [4.78, 5) is 25.4. The average molecular weight is 559 g/mol. The van der Waals surface area contributed by atoms with E-state index in [1.165, 1.54) is 11.1 Å². The number of guanidine groups is 1. The molecule has 1 N–H and O–H groups in total. The largest absolute Gasteiger partial charge is 0.450 e. The number of rotatable bonds is 6. The predicted octanol–water partition coefficient (Wildman–Crippen LogP) is 2.29. The maximum Gasteiger partial charge on any atom is 0.409 e. The van der Waals surface area contributed by atoms with Gasteiger partial charge in [0, 0.05) is 72.5 Å². The lowest BCUT2D eigenvalue weighted by atomic mass is 10.1. The van der Waals surface area contributed by atoms with Gasteiger partial charge in [-0.05, 0) is 24.6 Å². The average Bonchev–Trinajstić information content (AvgIpc) is 2.81. The van der Waals surface area contributed by atoms with Gasteiger partial charge in [0.05, 0.1) is 6.61 Å². The molecule has 180 valence electrons. The van der Waals surface area contributed by atoms with Crippen LogP contribution in [0, 0.1) is 0 Å². The molecule has 32 heavy (non-hydrogen) atoms. The molecule has 0 saturated carbocycles. The number of nitrogens with one attached hydrogen (secondary N) is 1. The number of halogens is 1. The molecular formula is C23H39IN6O2. The molecule has 2 fully saturated rings. The standard InChI is InChI=1S/C23H38N6O2.HI/c1-4-26-10-12-27(13-11-26)19-21-9-7-6-8-20(21)18-25-22(24-3)28-14-16-29(17-15-28)23(30)31-5-2;/h6-9H,4-5,10-19H2,1-3H3,(H,24,25);1H. The second-order valence-corrected chi connectivity index (χ2v) is 8.05. The van der Waals surface area contributed by atoms with Crippen molar-refractivity contribution >= 4 is 36.0 Å². The summed E-state index contributed by atoms with van der Waals surface area (Å²) in [5.41, 5.74) is 2.69. The maximum absolute atomic E-state index is 11.9. The van der Waals surface area contributed by atoms with Gasteiger partial charge < -0.3 is 24.8 Å². The molecule has 2 saturated heterocycles. The van der Waals surface area contributed by atoms with Crippen molar-refractivity contribution in [1.82, 2.24) is 24.9 Å². The highest BCUT2D eigenvalue weighted by Crippen LogP contribution is 2.14. The fourth-order valence-electron chi connectivity index (χ4n) is 4.21. The van der Waals surface area contributed by atoms with E-state index < -0.39 is 0 Å². The molecule has 0 aromatic heterocycles. The Bertz CT molecular complexity index is 731. The Morgan fingerprint density at radius 1 is 0.938 bits per heavy atom. The third-order valence-electron chi connectivity index (χ3n) is 6.18. The number of aliphatic imine (C=N–C) groups is 1. The number of amides is 1. The fraction of sp³-hybridized carbons (Fsp3) is 0.652. The molecule has 0 unspecified atom stereocenters. The number of hydrogen-bond acceptors (Lipinski definition) is 5. The zero-order valence-electron chi connectivity index (χ0n) is 19.8. The third-order valence-corrected chi connectivity index (χ3v) is 6.18. The summed E-state index contributed by atoms with van der Waals surface area (Å²) in [6, 6.07) is 8.68. The van der Waals surface area contributed by atoms with Crippen molar-refractivity contribution < 1.29 is 9.53 Å². The van der Waals surface area contributed by atoms with E-state index >= 15 is 0 Å². The topological polar surface area (TPSA) is 63.7 Å². The van der Waals surface area contributed by atoms with Crippen molar-refractivity contribution in [2.45, 2.75) is 26.9 Å². The van der Waals surface area contributed by atoms with Crippen LogP contribution in [-0.2, 0) is 17.8 Å². The molecule has 2 heterocycles. The van der Waals surface area contributed by atoms with E-state index in [1.807, 2.05) is 14.0 Å². The summed E-state index contributed by atoms with van der Waals surface area (Å²) >= 11 is 0. The quantitative estimate of drug-likeness (QED) is 0.329. The van der Waals surface area contributed by atoms with Gasteiger partial charge in [-0.3, -0.25) is 9.89 Å². The highest BCUT2D eigenvalue weighted by molar-refractivity contribution is 14.0. The number of benzene rings is 1. The SMILES string of the molecule is CCOC(=O)N1CCN(C(=NC)NCc2ccccc2CN2CCN(CC)CC2)CC1.I. The number of carbonyl (C=O) groups excluding carboxylic acids is 1. The predicted molar refractivity (Wildman–Crippen MR) is 140 cm³/mol. The van der Waals surface area contributed by atoms with Crippen molar-refractivity contribution in [3.05, 3.63) is 35.4 Å². The van der Waals surface area contributed by atoms with E-state index in [9.17, 15) is 4.79 Å². The Kier molecular flexibility index (Phi) is 11.5. The minimum Gasteiger partial charge on any atom is -0.450 e. The molecule has 0 spiro atoms. The monoisotopic (exact) mass is 558 g/mol. The molecule has 0 radical (unpaired) electrons. The minimum absolute atomic E-state index is 0. The van der Waals surface area contributed by atoms with E-state index in [0.717, 1.165) is 64.9 Å². The molecule has 1 amide bonds. The van der Waals surface area contributed by atoms with Crippen LogP contribution < -0.4 is 5.32 Å². The summed E-state index contributed by atoms with van der Waals surface area (Å²) in [5.74, 6) is 0.884. The molecule has 0 atom stereocenters. The van der Waals surface area contributed by atoms with Gasteiger partial charge in [0.2, 0.25) is 0 Å². The van der Waals surface area contributed by atoms with Gasteiger partial charge in [0.1, 0.15) is 0 Å². The fourth-order valence-corrected chi connectivity index (χ4v) is 4.21. The molecule has 1 aromatic carbocycles. The minimum atomic E-state index is -0.223. The first-order valence-corrected chi connectivity index (χ1v) is 11.5. The van der Waals surface area contributed by atoms with Crippen LogP contribution in [0.15, 0.2) is 29.3 Å². The van der Waals surface area contributed by atoms with Crippen molar-refractivity contribution in [2.24, 2.45) is 4.99 Å². The Labute approximate surface area is 210 Å². The van der Waals surface area contributed by atoms with Gasteiger partial charge in [-0.15, -0.1) is 24.0 Å². The van der Waals surface area contributed by atoms with Crippen molar-refractivity contribution in [3.8, 4) is 0 Å². The molecule has 8 nitrogen and oxygen atoms in total. The second kappa shape index (κ2) is 13.8. The Morgan fingerprint density at radius 2 is 1.53 bits per heavy atom. The zero-order valence-corrected chi connectivity index (χ0v) is 22.1. The molecule has 2 aliphatic heterocycles. The van der Waals surface area contributed by atoms with Gasteiger partial charge in [-0.1, -0.05) is 31.2 Å². The summed E-state index contributed by atoms with van der Waals surface area (Å²) < 4.78 is 5.11. The molecule has 3 rings (SSSR count). The summed E-state index contributed by atoms with van der Waals surface area (Å²) in [5, 5.41) is 3.53. The van der Waals surface area contributed by atoms with Crippen LogP contribution in [0.2, 0.25) is 0 Å². The number of piperazine rings is 2. The molecule has 1 aromatic rings. The van der Waals surface area contributed by atoms with Crippen LogP contribution in [0.25, 0.3) is 0 Å². The van der Waals surface area contributed by atoms with Crippen molar-refractivity contribution in [3.63, 3.8) is 0 Å². The van der Waals surface area contributed by atoms with Gasteiger partial charge >= 0.3 is 6.09 Å². The first-order chi connectivity index (χ1) is 15.1. The van der Waals surface area contributed by atoms with Gasteiger partial charge in [-0.2, -0.15) is 0 Å². The van der Waals surface area contributed by atoms with Crippen LogP contribution in [0.3, 0.4) is 0 Å². The molecule has 2 aliphatic rings. The molecular weight excluding hydrogens is 519 g/mol. The number of hydrogen-bond donors (Lipinski definition) is 1. The van der Waals surface area contributed by atoms with Crippen LogP contribution in [0.4, 0.5) is 4.79 Å². The molecule has 0 bridgehead atoms. The number of nitrogens with zero attached hydrogens (tertiary/aromatic N) is 5. The van der Waals surface area contributed by atoms with E-state index in [-0.39, 0.29) is 30.1 Å². The summed E-state index contributed by atoms with van der Waals surface area (Å²) in [6.45, 7) is 14.7. The summed E-state index contributed by atoms with van der Waals surface area (Å²) in [7, 11) is 1.82. The normalized spacial score (nSPS) is 18.3. The van der Waals surface area contributed by atoms with Crippen molar-refractivity contribution in [2.75, 3.05) is 72.6 Å². The van der Waals surface area contributed by atoms with Gasteiger partial charge in [-0.25, -0.2) is 4.79 Å². The number of ether oxygens (including phenoxy) is 1. The van der Waals surface area contributed by atoms with Gasteiger partial charge in [0.25, 0.3) is 0 Å². The second-order valence-electron chi connectivity index (χ2n) is 8.05. The lowest BCUT2D eigenvalue weighted by Gasteiger charge is -2.36.